The summed E-state index contributed by atoms with van der Waals surface area (Å²) < 4.78 is 0. The van der Waals surface area contributed by atoms with Gasteiger partial charge in [-0.15, -0.1) is 0 Å². The summed E-state index contributed by atoms with van der Waals surface area (Å²) in [6.45, 7) is 1.88. The molecule has 1 fully saturated rings. The summed E-state index contributed by atoms with van der Waals surface area (Å²) >= 11 is 0. The number of benzene rings is 1. The number of nitrogens with one attached hydrogen (secondary N) is 1. The van der Waals surface area contributed by atoms with Crippen molar-refractivity contribution in [1.82, 2.24) is 5.32 Å². The predicted octanol–water partition coefficient (Wildman–Crippen LogP) is 1.37. The van der Waals surface area contributed by atoms with Crippen LogP contribution in [0, 0.1) is 0 Å². The van der Waals surface area contributed by atoms with E-state index in [9.17, 15) is 0 Å². The number of hydrogen-bond donors (Lipinski definition) is 2. The molecule has 0 amide bonds. The lowest BCUT2D eigenvalue weighted by Crippen LogP contribution is -2.28. The molecule has 2 N–H and O–H groups in total. The minimum absolute atomic E-state index is 0.231. The molecular weight excluding hydrogens is 200 g/mol. The van der Waals surface area contributed by atoms with Crippen LogP contribution in [0.2, 0.25) is 0 Å². The van der Waals surface area contributed by atoms with Gasteiger partial charge in [-0.25, -0.2) is 0 Å². The molecule has 2 rings (SSSR count). The van der Waals surface area contributed by atoms with E-state index in [2.05, 4.69) is 34.5 Å². The first-order valence-corrected chi connectivity index (χ1v) is 5.96. The summed E-state index contributed by atoms with van der Waals surface area (Å²) in [6, 6.07) is 9.26. The summed E-state index contributed by atoms with van der Waals surface area (Å²) in [5.41, 5.74) is 2.53. The Bertz CT molecular complexity index is 319. The number of hydrogen-bond acceptors (Lipinski definition) is 3. The van der Waals surface area contributed by atoms with Crippen molar-refractivity contribution in [2.24, 2.45) is 0 Å². The Morgan fingerprint density at radius 3 is 2.50 bits per heavy atom. The first kappa shape index (κ1) is 11.4. The van der Waals surface area contributed by atoms with Crippen molar-refractivity contribution in [3.63, 3.8) is 0 Å². The van der Waals surface area contributed by atoms with Crippen LogP contribution >= 0.6 is 0 Å². The molecule has 1 saturated carbocycles. The van der Waals surface area contributed by atoms with Crippen molar-refractivity contribution in [2.75, 3.05) is 25.1 Å². The second-order valence-electron chi connectivity index (χ2n) is 4.34. The van der Waals surface area contributed by atoms with E-state index in [4.69, 9.17) is 5.11 Å². The lowest BCUT2D eigenvalue weighted by molar-refractivity contribution is 0.301. The molecule has 1 aliphatic rings. The first-order valence-electron chi connectivity index (χ1n) is 5.96. The quantitative estimate of drug-likeness (QED) is 0.760. The largest absolute Gasteiger partial charge is 0.395 e. The zero-order valence-corrected chi connectivity index (χ0v) is 9.82. The molecule has 0 aliphatic heterocycles. The number of aliphatic hydroxyl groups excluding tert-OH is 1. The van der Waals surface area contributed by atoms with E-state index < -0.39 is 0 Å². The van der Waals surface area contributed by atoms with Gasteiger partial charge in [-0.1, -0.05) is 12.1 Å². The van der Waals surface area contributed by atoms with Gasteiger partial charge in [0, 0.05) is 24.8 Å². The molecule has 3 nitrogen and oxygen atoms in total. The normalized spacial score (nSPS) is 15.1. The van der Waals surface area contributed by atoms with Gasteiger partial charge in [0.05, 0.1) is 6.61 Å². The molecular formula is C13H20N2O. The van der Waals surface area contributed by atoms with Crippen LogP contribution in [0.15, 0.2) is 24.3 Å². The molecule has 0 radical (unpaired) electrons. The maximum atomic E-state index is 9.06. The van der Waals surface area contributed by atoms with Crippen LogP contribution in [0.1, 0.15) is 18.4 Å². The van der Waals surface area contributed by atoms with Crippen LogP contribution in [-0.2, 0) is 6.54 Å². The zero-order valence-electron chi connectivity index (χ0n) is 9.82. The highest BCUT2D eigenvalue weighted by Crippen LogP contribution is 2.31. The van der Waals surface area contributed by atoms with Crippen molar-refractivity contribution >= 4 is 5.69 Å². The molecule has 1 aromatic carbocycles. The van der Waals surface area contributed by atoms with Gasteiger partial charge >= 0.3 is 0 Å². The number of aliphatic hydroxyl groups is 1. The fraction of sp³-hybridized carbons (Fsp3) is 0.538. The third-order valence-corrected chi connectivity index (χ3v) is 2.98. The third kappa shape index (κ3) is 2.74. The Labute approximate surface area is 97.1 Å². The van der Waals surface area contributed by atoms with Gasteiger partial charge in [0.15, 0.2) is 0 Å². The number of rotatable bonds is 6. The van der Waals surface area contributed by atoms with Gasteiger partial charge in [0.1, 0.15) is 0 Å². The van der Waals surface area contributed by atoms with Crippen molar-refractivity contribution < 1.29 is 5.11 Å². The van der Waals surface area contributed by atoms with E-state index in [1.807, 2.05) is 7.05 Å². The third-order valence-electron chi connectivity index (χ3n) is 2.98. The van der Waals surface area contributed by atoms with E-state index in [0.29, 0.717) is 6.04 Å². The van der Waals surface area contributed by atoms with Crippen LogP contribution in [0.5, 0.6) is 0 Å². The van der Waals surface area contributed by atoms with Crippen molar-refractivity contribution in [2.45, 2.75) is 25.4 Å². The van der Waals surface area contributed by atoms with Crippen LogP contribution in [-0.4, -0.2) is 31.3 Å². The molecule has 0 spiro atoms. The first-order chi connectivity index (χ1) is 7.85. The number of nitrogens with zero attached hydrogens (tertiary/aromatic N) is 1. The highest BCUT2D eigenvalue weighted by molar-refractivity contribution is 5.49. The Morgan fingerprint density at radius 2 is 2.00 bits per heavy atom. The standard InChI is InChI=1S/C13H20N2O/c1-14-10-11-2-4-12(5-3-11)15(8-9-16)13-6-7-13/h2-5,13-14,16H,6-10H2,1H3. The van der Waals surface area contributed by atoms with Gasteiger partial charge in [0.2, 0.25) is 0 Å². The van der Waals surface area contributed by atoms with Gasteiger partial charge < -0.3 is 15.3 Å². The average molecular weight is 220 g/mol. The van der Waals surface area contributed by atoms with Crippen molar-refractivity contribution in [3.8, 4) is 0 Å². The van der Waals surface area contributed by atoms with Crippen LogP contribution in [0.3, 0.4) is 0 Å². The van der Waals surface area contributed by atoms with Crippen LogP contribution in [0.4, 0.5) is 5.69 Å². The summed E-state index contributed by atoms with van der Waals surface area (Å²) in [5, 5.41) is 12.2. The van der Waals surface area contributed by atoms with Crippen molar-refractivity contribution in [3.05, 3.63) is 29.8 Å². The second-order valence-corrected chi connectivity index (χ2v) is 4.34. The molecule has 1 aromatic rings. The van der Waals surface area contributed by atoms with Crippen molar-refractivity contribution in [1.29, 1.82) is 0 Å². The molecule has 0 atom stereocenters. The Balaban J connectivity index is 2.05. The smallest absolute Gasteiger partial charge is 0.0606 e. The average Bonchev–Trinajstić information content (AvgIpc) is 3.12. The minimum Gasteiger partial charge on any atom is -0.395 e. The van der Waals surface area contributed by atoms with E-state index >= 15 is 0 Å². The number of anilines is 1. The summed E-state index contributed by atoms with van der Waals surface area (Å²) in [4.78, 5) is 2.31. The molecule has 0 bridgehead atoms. The van der Waals surface area contributed by atoms with E-state index in [1.54, 1.807) is 0 Å². The lowest BCUT2D eigenvalue weighted by atomic mass is 10.2. The van der Waals surface area contributed by atoms with Gasteiger partial charge in [-0.05, 0) is 37.6 Å². The summed E-state index contributed by atoms with van der Waals surface area (Å²) in [5.74, 6) is 0. The fourth-order valence-corrected chi connectivity index (χ4v) is 2.03. The van der Waals surface area contributed by atoms with E-state index in [0.717, 1.165) is 13.1 Å². The maximum Gasteiger partial charge on any atom is 0.0606 e. The zero-order chi connectivity index (χ0) is 11.4. The van der Waals surface area contributed by atoms with E-state index in [1.165, 1.54) is 24.1 Å². The topological polar surface area (TPSA) is 35.5 Å². The predicted molar refractivity (Wildman–Crippen MR) is 66.7 cm³/mol. The highest BCUT2D eigenvalue weighted by atomic mass is 16.3. The summed E-state index contributed by atoms with van der Waals surface area (Å²) in [7, 11) is 1.95. The monoisotopic (exact) mass is 220 g/mol. The lowest BCUT2D eigenvalue weighted by Gasteiger charge is -2.23. The molecule has 0 unspecified atom stereocenters. The minimum atomic E-state index is 0.231. The Kier molecular flexibility index (Phi) is 3.80. The molecule has 0 heterocycles. The van der Waals surface area contributed by atoms with E-state index in [-0.39, 0.29) is 6.61 Å². The summed E-state index contributed by atoms with van der Waals surface area (Å²) in [6.07, 6.45) is 2.52. The fourth-order valence-electron chi connectivity index (χ4n) is 2.03. The molecule has 0 saturated heterocycles. The van der Waals surface area contributed by atoms with Crippen LogP contribution < -0.4 is 10.2 Å². The van der Waals surface area contributed by atoms with Gasteiger partial charge in [-0.3, -0.25) is 0 Å². The van der Waals surface area contributed by atoms with Gasteiger partial charge in [0.25, 0.3) is 0 Å². The highest BCUT2D eigenvalue weighted by Gasteiger charge is 2.28. The SMILES string of the molecule is CNCc1ccc(N(CCO)C2CC2)cc1. The molecule has 1 aliphatic carbocycles. The van der Waals surface area contributed by atoms with Crippen LogP contribution in [0.25, 0.3) is 0 Å². The Hall–Kier alpha value is -1.06. The molecule has 3 heteroatoms. The molecule has 88 valence electrons. The molecule has 0 aromatic heterocycles. The Morgan fingerprint density at radius 1 is 1.31 bits per heavy atom. The van der Waals surface area contributed by atoms with Gasteiger partial charge in [-0.2, -0.15) is 0 Å². The second kappa shape index (κ2) is 5.32. The molecule has 16 heavy (non-hydrogen) atoms. The maximum absolute atomic E-state index is 9.06.